The van der Waals surface area contributed by atoms with Crippen molar-refractivity contribution in [2.24, 2.45) is 0 Å². The summed E-state index contributed by atoms with van der Waals surface area (Å²) in [6.45, 7) is 11.6. The van der Waals surface area contributed by atoms with Crippen molar-refractivity contribution in [2.45, 2.75) is 56.3 Å². The van der Waals surface area contributed by atoms with Gasteiger partial charge in [-0.15, -0.1) is 0 Å². The minimum absolute atomic E-state index is 0.290. The maximum atomic E-state index is 2.60. The van der Waals surface area contributed by atoms with E-state index < -0.39 is 16.2 Å². The van der Waals surface area contributed by atoms with Crippen molar-refractivity contribution >= 4 is 34.1 Å². The van der Waals surface area contributed by atoms with Crippen molar-refractivity contribution in [1.29, 1.82) is 0 Å². The maximum absolute atomic E-state index is 2.60. The van der Waals surface area contributed by atoms with E-state index in [9.17, 15) is 0 Å². The van der Waals surface area contributed by atoms with E-state index in [2.05, 4.69) is 414 Å². The van der Waals surface area contributed by atoms with Crippen molar-refractivity contribution in [3.05, 3.63) is 465 Å². The number of hydrogen-bond donors (Lipinski definition) is 0. The number of anilines is 6. The Balaban J connectivity index is 0.753. The molecule has 2 heteroatoms. The van der Waals surface area contributed by atoms with Crippen LogP contribution in [0.25, 0.3) is 66.8 Å². The molecule has 0 aromatic heterocycles. The van der Waals surface area contributed by atoms with Crippen LogP contribution in [0.3, 0.4) is 0 Å². The van der Waals surface area contributed by atoms with Gasteiger partial charge in [-0.05, 0) is 226 Å². The Morgan fingerprint density at radius 2 is 0.561 bits per heavy atom. The molecule has 0 atom stereocenters. The highest BCUT2D eigenvalue weighted by Gasteiger charge is 2.54. The standard InChI is InChI=1S/C105H76N2/c1-67-48-57-83-85-60-55-77(65-96(85)103(94(83)62-67,71-28-10-6-11-29-71)72-30-12-7-13-31-72)106(78-56-61-86-84-58-49-68(2)63-95(84)104(97(86)66-78,73-32-14-8-15-33-73)74-34-16-9-17-35-74)76-54-59-79(69(3)64-76)70-50-52-75(53-51-70)107(99-47-26-40-87-82-38-18-22-41-89(82)102(4,5)101(87)99)98-46-27-45-93-100(98)88-39-21-25-44-92(88)105(93)90-42-23-19-36-80(90)81-37-20-24-43-91(81)105/h6-66H,1-5H3. The molecule has 16 aromatic rings. The molecule has 16 aromatic carbocycles. The van der Waals surface area contributed by atoms with Crippen LogP contribution in [0.2, 0.25) is 0 Å². The van der Waals surface area contributed by atoms with Gasteiger partial charge in [-0.1, -0.05) is 334 Å². The lowest BCUT2D eigenvalue weighted by molar-refractivity contribution is 0.661. The summed E-state index contributed by atoms with van der Waals surface area (Å²) >= 11 is 0. The van der Waals surface area contributed by atoms with Crippen molar-refractivity contribution in [1.82, 2.24) is 0 Å². The molecule has 506 valence electrons. The molecular weight excluding hydrogens is 1290 g/mol. The van der Waals surface area contributed by atoms with Crippen LogP contribution in [0, 0.1) is 20.8 Å². The van der Waals surface area contributed by atoms with Crippen molar-refractivity contribution in [3.63, 3.8) is 0 Å². The van der Waals surface area contributed by atoms with Gasteiger partial charge in [-0.25, -0.2) is 0 Å². The Labute approximate surface area is 627 Å². The highest BCUT2D eigenvalue weighted by Crippen LogP contribution is 2.67. The summed E-state index contributed by atoms with van der Waals surface area (Å²) in [5.74, 6) is 0. The lowest BCUT2D eigenvalue weighted by Crippen LogP contribution is -2.29. The second kappa shape index (κ2) is 23.6. The third-order valence-corrected chi connectivity index (χ3v) is 24.8. The lowest BCUT2D eigenvalue weighted by atomic mass is 9.67. The minimum Gasteiger partial charge on any atom is -0.310 e. The predicted octanol–water partition coefficient (Wildman–Crippen LogP) is 26.6. The SMILES string of the molecule is Cc1ccc2c(c1)C(c1ccccc1)(c1ccccc1)c1cc(N(c3ccc(-c4ccc(N(c5cccc6c5-c5ccccc5C65c6ccccc6-c6ccccc65)c5cccc6c5C(C)(C)c5ccccc5-6)cc4)c(C)c3)c3ccc4c(c3)C(c3ccccc3)(c3ccccc3)c3cc(C)ccc3-4)ccc1-2. The highest BCUT2D eigenvalue weighted by atomic mass is 15.2. The fraction of sp³-hybridized carbons (Fsp3) is 0.0857. The number of fused-ring (bicyclic) bond motifs is 19. The smallest absolute Gasteiger partial charge is 0.0726 e. The quantitative estimate of drug-likeness (QED) is 0.127. The van der Waals surface area contributed by atoms with Gasteiger partial charge in [-0.3, -0.25) is 0 Å². The monoisotopic (exact) mass is 1360 g/mol. The molecular formula is C105H76N2. The number of nitrogens with zero attached hydrogens (tertiary/aromatic N) is 2. The van der Waals surface area contributed by atoms with E-state index in [4.69, 9.17) is 0 Å². The van der Waals surface area contributed by atoms with Gasteiger partial charge in [0.25, 0.3) is 0 Å². The summed E-state index contributed by atoms with van der Waals surface area (Å²) in [5.41, 5.74) is 41.5. The van der Waals surface area contributed by atoms with Gasteiger partial charge < -0.3 is 9.80 Å². The van der Waals surface area contributed by atoms with Gasteiger partial charge in [-0.2, -0.15) is 0 Å². The van der Waals surface area contributed by atoms with Crippen LogP contribution in [0.1, 0.15) is 108 Å². The minimum atomic E-state index is -0.612. The van der Waals surface area contributed by atoms with Gasteiger partial charge in [0.1, 0.15) is 0 Å². The van der Waals surface area contributed by atoms with E-state index >= 15 is 0 Å². The van der Waals surface area contributed by atoms with E-state index in [-0.39, 0.29) is 5.41 Å². The molecule has 0 fully saturated rings. The first-order valence-electron chi connectivity index (χ1n) is 37.8. The van der Waals surface area contributed by atoms with Crippen LogP contribution in [-0.4, -0.2) is 0 Å². The van der Waals surface area contributed by atoms with Crippen LogP contribution < -0.4 is 9.80 Å². The van der Waals surface area contributed by atoms with E-state index in [1.165, 1.54) is 161 Å². The second-order valence-electron chi connectivity index (χ2n) is 30.7. The van der Waals surface area contributed by atoms with Crippen LogP contribution >= 0.6 is 0 Å². The molecule has 0 amide bonds. The topological polar surface area (TPSA) is 6.48 Å². The maximum Gasteiger partial charge on any atom is 0.0726 e. The summed E-state index contributed by atoms with van der Waals surface area (Å²) < 4.78 is 0. The van der Waals surface area contributed by atoms with Crippen LogP contribution in [0.4, 0.5) is 34.1 Å². The number of hydrogen-bond acceptors (Lipinski definition) is 2. The Morgan fingerprint density at radius 3 is 1.05 bits per heavy atom. The summed E-state index contributed by atoms with van der Waals surface area (Å²) in [6.07, 6.45) is 0. The Morgan fingerprint density at radius 1 is 0.215 bits per heavy atom. The van der Waals surface area contributed by atoms with E-state index in [0.717, 1.165) is 34.0 Å². The van der Waals surface area contributed by atoms with Crippen molar-refractivity contribution in [2.75, 3.05) is 9.80 Å². The third kappa shape index (κ3) is 8.70. The third-order valence-electron chi connectivity index (χ3n) is 24.8. The van der Waals surface area contributed by atoms with Gasteiger partial charge >= 0.3 is 0 Å². The van der Waals surface area contributed by atoms with Gasteiger partial charge in [0.05, 0.1) is 27.6 Å². The first kappa shape index (κ1) is 62.7. The second-order valence-corrected chi connectivity index (χ2v) is 30.7. The summed E-state index contributed by atoms with van der Waals surface area (Å²) in [7, 11) is 0. The first-order valence-corrected chi connectivity index (χ1v) is 37.8. The molecule has 0 N–H and O–H groups in total. The summed E-state index contributed by atoms with van der Waals surface area (Å²) in [5, 5.41) is 0. The van der Waals surface area contributed by atoms with Crippen LogP contribution in [0.5, 0.6) is 0 Å². The van der Waals surface area contributed by atoms with Crippen LogP contribution in [-0.2, 0) is 21.7 Å². The molecule has 0 aliphatic heterocycles. The average molecular weight is 1370 g/mol. The van der Waals surface area contributed by atoms with Gasteiger partial charge in [0, 0.05) is 33.7 Å². The van der Waals surface area contributed by atoms with E-state index in [1.54, 1.807) is 0 Å². The molecule has 5 aliphatic carbocycles. The molecule has 107 heavy (non-hydrogen) atoms. The fourth-order valence-electron chi connectivity index (χ4n) is 20.5. The summed E-state index contributed by atoms with van der Waals surface area (Å²) in [4.78, 5) is 5.15. The number of aryl methyl sites for hydroxylation is 3. The first-order chi connectivity index (χ1) is 52.6. The number of rotatable bonds is 11. The molecule has 1 spiro atoms. The number of benzene rings is 16. The predicted molar refractivity (Wildman–Crippen MR) is 444 cm³/mol. The molecule has 0 unspecified atom stereocenters. The highest BCUT2D eigenvalue weighted by molar-refractivity contribution is 6.03. The largest absolute Gasteiger partial charge is 0.310 e. The Bertz CT molecular complexity index is 6010. The van der Waals surface area contributed by atoms with Crippen molar-refractivity contribution < 1.29 is 0 Å². The molecule has 5 aliphatic rings. The van der Waals surface area contributed by atoms with Crippen LogP contribution in [0.15, 0.2) is 370 Å². The molecule has 2 nitrogen and oxygen atoms in total. The zero-order valence-electron chi connectivity index (χ0n) is 60.6. The molecule has 21 rings (SSSR count). The van der Waals surface area contributed by atoms with Gasteiger partial charge in [0.2, 0.25) is 0 Å². The molecule has 0 saturated carbocycles. The average Bonchev–Trinajstić information content (AvgIpc) is 1.52. The summed E-state index contributed by atoms with van der Waals surface area (Å²) in [6, 6.07) is 141. The van der Waals surface area contributed by atoms with E-state index in [1.807, 2.05) is 0 Å². The molecule has 0 bridgehead atoms. The fourth-order valence-corrected chi connectivity index (χ4v) is 20.5. The zero-order chi connectivity index (χ0) is 71.5. The lowest BCUT2D eigenvalue weighted by Gasteiger charge is -2.36. The molecule has 0 heterocycles. The zero-order valence-corrected chi connectivity index (χ0v) is 60.6. The van der Waals surface area contributed by atoms with Gasteiger partial charge in [0.15, 0.2) is 0 Å². The normalized spacial score (nSPS) is 14.5. The van der Waals surface area contributed by atoms with Crippen molar-refractivity contribution in [3.8, 4) is 66.8 Å². The molecule has 0 radical (unpaired) electrons. The molecule has 0 saturated heterocycles. The Hall–Kier alpha value is -12.9. The van der Waals surface area contributed by atoms with E-state index in [0.29, 0.717) is 0 Å². The Kier molecular flexibility index (Phi) is 13.8.